The molecule has 2 fully saturated rings. The van der Waals surface area contributed by atoms with E-state index in [-0.39, 0.29) is 12.0 Å². The highest BCUT2D eigenvalue weighted by molar-refractivity contribution is 5.94. The first-order valence-electron chi connectivity index (χ1n) is 10.0. The van der Waals surface area contributed by atoms with Crippen molar-refractivity contribution in [2.45, 2.75) is 25.5 Å². The molecule has 0 radical (unpaired) electrons. The summed E-state index contributed by atoms with van der Waals surface area (Å²) in [6.07, 6.45) is 6.01. The van der Waals surface area contributed by atoms with E-state index in [4.69, 9.17) is 9.47 Å². The first kappa shape index (κ1) is 18.9. The summed E-state index contributed by atoms with van der Waals surface area (Å²) in [5.74, 6) is 0.806. The number of pyridine rings is 1. The average Bonchev–Trinajstić information content (AvgIpc) is 3.27. The number of aromatic nitrogens is 1. The number of piperazine rings is 1. The van der Waals surface area contributed by atoms with Crippen molar-refractivity contribution in [1.82, 2.24) is 14.8 Å². The molecule has 0 spiro atoms. The van der Waals surface area contributed by atoms with Crippen LogP contribution in [0.25, 0.3) is 0 Å². The Morgan fingerprint density at radius 1 is 1.18 bits per heavy atom. The van der Waals surface area contributed by atoms with E-state index in [1.165, 1.54) is 5.56 Å². The molecule has 1 unspecified atom stereocenters. The summed E-state index contributed by atoms with van der Waals surface area (Å²) in [4.78, 5) is 21.4. The number of ether oxygens (including phenoxy) is 2. The van der Waals surface area contributed by atoms with Crippen LogP contribution in [0.3, 0.4) is 0 Å². The molecule has 2 aliphatic heterocycles. The van der Waals surface area contributed by atoms with Crippen LogP contribution in [0, 0.1) is 0 Å². The summed E-state index contributed by atoms with van der Waals surface area (Å²) >= 11 is 0. The van der Waals surface area contributed by atoms with Crippen molar-refractivity contribution in [2.75, 3.05) is 39.4 Å². The van der Waals surface area contributed by atoms with Crippen LogP contribution in [0.4, 0.5) is 0 Å². The van der Waals surface area contributed by atoms with Gasteiger partial charge in [0, 0.05) is 57.3 Å². The van der Waals surface area contributed by atoms with Crippen LogP contribution in [-0.4, -0.2) is 66.2 Å². The van der Waals surface area contributed by atoms with Gasteiger partial charge < -0.3 is 14.4 Å². The van der Waals surface area contributed by atoms with Crippen LogP contribution >= 0.6 is 0 Å². The summed E-state index contributed by atoms with van der Waals surface area (Å²) in [5.41, 5.74) is 1.89. The van der Waals surface area contributed by atoms with Crippen LogP contribution < -0.4 is 4.74 Å². The van der Waals surface area contributed by atoms with Gasteiger partial charge in [0.25, 0.3) is 5.91 Å². The smallest absolute Gasteiger partial charge is 0.254 e. The van der Waals surface area contributed by atoms with Gasteiger partial charge >= 0.3 is 0 Å². The van der Waals surface area contributed by atoms with Gasteiger partial charge in [-0.15, -0.1) is 0 Å². The Kier molecular flexibility index (Phi) is 6.19. The Bertz CT molecular complexity index is 770. The number of rotatable bonds is 6. The van der Waals surface area contributed by atoms with Gasteiger partial charge in [-0.25, -0.2) is 0 Å². The fraction of sp³-hybridized carbons (Fsp3) is 0.455. The minimum atomic E-state index is 0.0728. The van der Waals surface area contributed by atoms with E-state index in [0.717, 1.165) is 57.9 Å². The fourth-order valence-electron chi connectivity index (χ4n) is 3.73. The monoisotopic (exact) mass is 381 g/mol. The third-order valence-electron chi connectivity index (χ3n) is 5.33. The lowest BCUT2D eigenvalue weighted by atomic mass is 10.1. The number of benzene rings is 1. The standard InChI is InChI=1S/C22H27N3O3/c26-22(19-5-1-6-20(14-19)28-17-21-7-3-13-27-21)25-11-9-24(10-12-25)16-18-4-2-8-23-15-18/h1-2,4-6,8,14-15,21H,3,7,9-13,16-17H2. The number of hydrogen-bond donors (Lipinski definition) is 0. The van der Waals surface area contributed by atoms with Crippen LogP contribution in [0.15, 0.2) is 48.8 Å². The van der Waals surface area contributed by atoms with Crippen molar-refractivity contribution < 1.29 is 14.3 Å². The summed E-state index contributed by atoms with van der Waals surface area (Å²) in [5, 5.41) is 0. The van der Waals surface area contributed by atoms with Crippen molar-refractivity contribution in [3.05, 3.63) is 59.9 Å². The van der Waals surface area contributed by atoms with Gasteiger partial charge in [0.2, 0.25) is 0 Å². The molecule has 28 heavy (non-hydrogen) atoms. The molecule has 4 rings (SSSR count). The van der Waals surface area contributed by atoms with Crippen molar-refractivity contribution in [1.29, 1.82) is 0 Å². The molecule has 1 aromatic carbocycles. The molecular weight excluding hydrogens is 354 g/mol. The summed E-state index contributed by atoms with van der Waals surface area (Å²) in [6.45, 7) is 5.46. The van der Waals surface area contributed by atoms with Gasteiger partial charge in [0.1, 0.15) is 12.4 Å². The zero-order valence-electron chi connectivity index (χ0n) is 16.1. The maximum Gasteiger partial charge on any atom is 0.254 e. The second kappa shape index (κ2) is 9.17. The first-order chi connectivity index (χ1) is 13.8. The zero-order valence-corrected chi connectivity index (χ0v) is 16.1. The van der Waals surface area contributed by atoms with Crippen LogP contribution in [0.1, 0.15) is 28.8 Å². The number of carbonyl (C=O) groups is 1. The molecule has 2 aliphatic rings. The molecule has 1 amide bonds. The van der Waals surface area contributed by atoms with E-state index >= 15 is 0 Å². The molecule has 1 aromatic heterocycles. The molecule has 0 bridgehead atoms. The highest BCUT2D eigenvalue weighted by Gasteiger charge is 2.23. The van der Waals surface area contributed by atoms with Crippen molar-refractivity contribution in [3.8, 4) is 5.75 Å². The highest BCUT2D eigenvalue weighted by Crippen LogP contribution is 2.19. The predicted octanol–water partition coefficient (Wildman–Crippen LogP) is 2.60. The van der Waals surface area contributed by atoms with Crippen molar-refractivity contribution in [3.63, 3.8) is 0 Å². The minimum Gasteiger partial charge on any atom is -0.491 e. The number of hydrogen-bond acceptors (Lipinski definition) is 5. The summed E-state index contributed by atoms with van der Waals surface area (Å²) in [7, 11) is 0. The maximum absolute atomic E-state index is 12.9. The van der Waals surface area contributed by atoms with Gasteiger partial charge in [-0.3, -0.25) is 14.7 Å². The topological polar surface area (TPSA) is 54.9 Å². The van der Waals surface area contributed by atoms with Crippen molar-refractivity contribution in [2.24, 2.45) is 0 Å². The van der Waals surface area contributed by atoms with E-state index in [1.807, 2.05) is 41.4 Å². The van der Waals surface area contributed by atoms with E-state index in [9.17, 15) is 4.79 Å². The lowest BCUT2D eigenvalue weighted by molar-refractivity contribution is 0.0625. The molecule has 3 heterocycles. The largest absolute Gasteiger partial charge is 0.491 e. The van der Waals surface area contributed by atoms with Gasteiger partial charge in [0.05, 0.1) is 6.10 Å². The SMILES string of the molecule is O=C(c1cccc(OCC2CCCO2)c1)N1CCN(Cc2cccnc2)CC1. The second-order valence-corrected chi connectivity index (χ2v) is 7.40. The summed E-state index contributed by atoms with van der Waals surface area (Å²) < 4.78 is 11.4. The number of carbonyl (C=O) groups excluding carboxylic acids is 1. The minimum absolute atomic E-state index is 0.0728. The third kappa shape index (κ3) is 4.88. The van der Waals surface area contributed by atoms with Gasteiger partial charge in [-0.05, 0) is 42.7 Å². The number of amides is 1. The number of nitrogens with zero attached hydrogens (tertiary/aromatic N) is 3. The Morgan fingerprint density at radius 2 is 2.07 bits per heavy atom. The maximum atomic E-state index is 12.9. The Morgan fingerprint density at radius 3 is 2.82 bits per heavy atom. The Hall–Kier alpha value is -2.44. The van der Waals surface area contributed by atoms with E-state index < -0.39 is 0 Å². The van der Waals surface area contributed by atoms with E-state index in [1.54, 1.807) is 6.20 Å². The predicted molar refractivity (Wildman–Crippen MR) is 106 cm³/mol. The van der Waals surface area contributed by atoms with Crippen LogP contribution in [-0.2, 0) is 11.3 Å². The molecule has 0 N–H and O–H groups in total. The van der Waals surface area contributed by atoms with Gasteiger partial charge in [-0.2, -0.15) is 0 Å². The third-order valence-corrected chi connectivity index (χ3v) is 5.33. The zero-order chi connectivity index (χ0) is 19.2. The molecule has 6 nitrogen and oxygen atoms in total. The molecule has 0 aliphatic carbocycles. The van der Waals surface area contributed by atoms with E-state index in [0.29, 0.717) is 12.2 Å². The van der Waals surface area contributed by atoms with Crippen LogP contribution in [0.5, 0.6) is 5.75 Å². The second-order valence-electron chi connectivity index (χ2n) is 7.40. The lowest BCUT2D eigenvalue weighted by Gasteiger charge is -2.34. The molecule has 148 valence electrons. The Balaban J connectivity index is 1.29. The molecule has 2 saturated heterocycles. The lowest BCUT2D eigenvalue weighted by Crippen LogP contribution is -2.48. The first-order valence-corrected chi connectivity index (χ1v) is 10.0. The molecule has 0 saturated carbocycles. The quantitative estimate of drug-likeness (QED) is 0.770. The van der Waals surface area contributed by atoms with Gasteiger partial charge in [0.15, 0.2) is 0 Å². The van der Waals surface area contributed by atoms with E-state index in [2.05, 4.69) is 16.0 Å². The molecule has 1 atom stereocenters. The molecule has 6 heteroatoms. The van der Waals surface area contributed by atoms with Crippen LogP contribution in [0.2, 0.25) is 0 Å². The van der Waals surface area contributed by atoms with Crippen molar-refractivity contribution >= 4 is 5.91 Å². The Labute approximate surface area is 166 Å². The molecular formula is C22H27N3O3. The average molecular weight is 381 g/mol. The van der Waals surface area contributed by atoms with Gasteiger partial charge in [-0.1, -0.05) is 12.1 Å². The normalized spacial score (nSPS) is 20.3. The summed E-state index contributed by atoms with van der Waals surface area (Å²) in [6, 6.07) is 11.5. The highest BCUT2D eigenvalue weighted by atomic mass is 16.5. The molecule has 2 aromatic rings. The fourth-order valence-corrected chi connectivity index (χ4v) is 3.73.